The molecule has 1 aliphatic heterocycles. The van der Waals surface area contributed by atoms with Crippen LogP contribution in [0.2, 0.25) is 0 Å². The van der Waals surface area contributed by atoms with E-state index in [4.69, 9.17) is 0 Å². The van der Waals surface area contributed by atoms with E-state index in [1.165, 1.54) is 17.7 Å². The van der Waals surface area contributed by atoms with Crippen molar-refractivity contribution in [3.63, 3.8) is 0 Å². The Hall–Kier alpha value is -1.06. The molecule has 3 nitrogen and oxygen atoms in total. The van der Waals surface area contributed by atoms with E-state index in [-0.39, 0.29) is 0 Å². The lowest BCUT2D eigenvalue weighted by atomic mass is 10.2. The highest BCUT2D eigenvalue weighted by Gasteiger charge is 2.18. The van der Waals surface area contributed by atoms with Crippen molar-refractivity contribution in [2.24, 2.45) is 0 Å². The maximum absolute atomic E-state index is 3.64. The van der Waals surface area contributed by atoms with Crippen LogP contribution in [0.5, 0.6) is 0 Å². The van der Waals surface area contributed by atoms with E-state index >= 15 is 0 Å². The fraction of sp³-hybridized carbons (Fsp3) is 0.600. The molecule has 1 aromatic rings. The molecular formula is C15H25N3. The molecule has 1 unspecified atom stereocenters. The zero-order chi connectivity index (χ0) is 13.0. The molecule has 0 radical (unpaired) electrons. The third-order valence-corrected chi connectivity index (χ3v) is 3.43. The van der Waals surface area contributed by atoms with Gasteiger partial charge in [-0.25, -0.2) is 0 Å². The molecule has 0 amide bonds. The average molecular weight is 247 g/mol. The molecule has 100 valence electrons. The van der Waals surface area contributed by atoms with Gasteiger partial charge in [-0.3, -0.25) is 0 Å². The number of anilines is 1. The number of nitrogens with zero attached hydrogens (tertiary/aromatic N) is 2. The molecule has 1 atom stereocenters. The van der Waals surface area contributed by atoms with E-state index in [2.05, 4.69) is 60.4 Å². The summed E-state index contributed by atoms with van der Waals surface area (Å²) in [7, 11) is 4.28. The van der Waals surface area contributed by atoms with Crippen molar-refractivity contribution in [3.05, 3.63) is 29.8 Å². The van der Waals surface area contributed by atoms with Gasteiger partial charge in [0.15, 0.2) is 0 Å². The highest BCUT2D eigenvalue weighted by molar-refractivity contribution is 5.48. The molecule has 1 aromatic carbocycles. The predicted molar refractivity (Wildman–Crippen MR) is 78.4 cm³/mol. The Bertz CT molecular complexity index is 376. The highest BCUT2D eigenvalue weighted by atomic mass is 15.2. The van der Waals surface area contributed by atoms with Crippen LogP contribution in [-0.4, -0.2) is 51.2 Å². The van der Waals surface area contributed by atoms with Crippen LogP contribution in [0.3, 0.4) is 0 Å². The van der Waals surface area contributed by atoms with Crippen molar-refractivity contribution in [1.29, 1.82) is 0 Å². The Balaban J connectivity index is 2.07. The molecule has 0 saturated carbocycles. The number of rotatable bonds is 3. The minimum atomic E-state index is 0.558. The van der Waals surface area contributed by atoms with E-state index in [1.54, 1.807) is 0 Å². The standard InChI is InChI=1S/C15H25N3/c1-13-6-4-7-15(10-13)18-9-5-8-16-14(12-18)11-17(2)3/h4,6-7,10,14,16H,5,8-9,11-12H2,1-3H3. The molecule has 1 heterocycles. The van der Waals surface area contributed by atoms with Gasteiger partial charge in [0.25, 0.3) is 0 Å². The molecule has 0 aromatic heterocycles. The normalized spacial score (nSPS) is 21.1. The molecule has 1 saturated heterocycles. The predicted octanol–water partition coefficient (Wildman–Crippen LogP) is 1.72. The third kappa shape index (κ3) is 3.72. The maximum Gasteiger partial charge on any atom is 0.0371 e. The summed E-state index contributed by atoms with van der Waals surface area (Å²) in [6, 6.07) is 9.40. The first-order valence-electron chi connectivity index (χ1n) is 6.85. The second-order valence-corrected chi connectivity index (χ2v) is 5.55. The van der Waals surface area contributed by atoms with Crippen LogP contribution in [0.1, 0.15) is 12.0 Å². The average Bonchev–Trinajstić information content (AvgIpc) is 2.54. The summed E-state index contributed by atoms with van der Waals surface area (Å²) in [4.78, 5) is 4.78. The molecule has 3 heteroatoms. The van der Waals surface area contributed by atoms with Crippen LogP contribution in [0.4, 0.5) is 5.69 Å². The van der Waals surface area contributed by atoms with Crippen molar-refractivity contribution < 1.29 is 0 Å². The molecule has 0 spiro atoms. The molecule has 1 aliphatic rings. The number of aryl methyl sites for hydroxylation is 1. The van der Waals surface area contributed by atoms with Gasteiger partial charge in [0.2, 0.25) is 0 Å². The fourth-order valence-corrected chi connectivity index (χ4v) is 2.62. The summed E-state index contributed by atoms with van der Waals surface area (Å²) in [5.41, 5.74) is 2.70. The van der Waals surface area contributed by atoms with E-state index < -0.39 is 0 Å². The molecule has 1 N–H and O–H groups in total. The van der Waals surface area contributed by atoms with Gasteiger partial charge in [0.1, 0.15) is 0 Å². The Morgan fingerprint density at radius 2 is 2.22 bits per heavy atom. The Labute approximate surface area is 111 Å². The molecule has 1 fully saturated rings. The van der Waals surface area contributed by atoms with Crippen LogP contribution in [0.15, 0.2) is 24.3 Å². The minimum Gasteiger partial charge on any atom is -0.370 e. The van der Waals surface area contributed by atoms with Crippen molar-refractivity contribution in [1.82, 2.24) is 10.2 Å². The first-order chi connectivity index (χ1) is 8.65. The molecule has 18 heavy (non-hydrogen) atoms. The Kier molecular flexibility index (Phi) is 4.61. The topological polar surface area (TPSA) is 18.5 Å². The first-order valence-corrected chi connectivity index (χ1v) is 6.85. The number of hydrogen-bond acceptors (Lipinski definition) is 3. The Morgan fingerprint density at radius 1 is 1.39 bits per heavy atom. The molecular weight excluding hydrogens is 222 g/mol. The zero-order valence-corrected chi connectivity index (χ0v) is 11.8. The quantitative estimate of drug-likeness (QED) is 0.877. The monoisotopic (exact) mass is 247 g/mol. The fourth-order valence-electron chi connectivity index (χ4n) is 2.62. The maximum atomic E-state index is 3.64. The zero-order valence-electron chi connectivity index (χ0n) is 11.8. The third-order valence-electron chi connectivity index (χ3n) is 3.43. The van der Waals surface area contributed by atoms with Gasteiger partial charge in [-0.1, -0.05) is 12.1 Å². The minimum absolute atomic E-state index is 0.558. The molecule has 0 bridgehead atoms. The van der Waals surface area contributed by atoms with E-state index in [0.29, 0.717) is 6.04 Å². The second kappa shape index (κ2) is 6.21. The molecule has 2 rings (SSSR count). The summed E-state index contributed by atoms with van der Waals surface area (Å²) in [6.07, 6.45) is 1.22. The van der Waals surface area contributed by atoms with Crippen molar-refractivity contribution in [3.8, 4) is 0 Å². The molecule has 0 aliphatic carbocycles. The van der Waals surface area contributed by atoms with E-state index in [0.717, 1.165) is 26.2 Å². The SMILES string of the molecule is Cc1cccc(N2CCCNC(CN(C)C)C2)c1. The largest absolute Gasteiger partial charge is 0.370 e. The van der Waals surface area contributed by atoms with Crippen molar-refractivity contribution >= 4 is 5.69 Å². The lowest BCUT2D eigenvalue weighted by molar-refractivity contribution is 0.346. The van der Waals surface area contributed by atoms with Gasteiger partial charge in [-0.15, -0.1) is 0 Å². The lowest BCUT2D eigenvalue weighted by Crippen LogP contribution is -2.44. The van der Waals surface area contributed by atoms with Gasteiger partial charge in [0.05, 0.1) is 0 Å². The highest BCUT2D eigenvalue weighted by Crippen LogP contribution is 2.17. The van der Waals surface area contributed by atoms with Gasteiger partial charge < -0.3 is 15.1 Å². The van der Waals surface area contributed by atoms with Gasteiger partial charge in [0, 0.05) is 31.4 Å². The van der Waals surface area contributed by atoms with Crippen LogP contribution in [0, 0.1) is 6.92 Å². The number of likely N-dealkylation sites (N-methyl/N-ethyl adjacent to an activating group) is 1. The summed E-state index contributed by atoms with van der Waals surface area (Å²) >= 11 is 0. The summed E-state index contributed by atoms with van der Waals surface area (Å²) in [5.74, 6) is 0. The number of benzene rings is 1. The lowest BCUT2D eigenvalue weighted by Gasteiger charge is -2.28. The van der Waals surface area contributed by atoms with Crippen LogP contribution < -0.4 is 10.2 Å². The van der Waals surface area contributed by atoms with Gasteiger partial charge in [-0.05, 0) is 51.7 Å². The first kappa shape index (κ1) is 13.4. The summed E-state index contributed by atoms with van der Waals surface area (Å²) in [6.45, 7) is 6.64. The number of hydrogen-bond donors (Lipinski definition) is 1. The summed E-state index contributed by atoms with van der Waals surface area (Å²) < 4.78 is 0. The van der Waals surface area contributed by atoms with Crippen LogP contribution in [0.25, 0.3) is 0 Å². The van der Waals surface area contributed by atoms with E-state index in [1.807, 2.05) is 0 Å². The number of nitrogens with one attached hydrogen (secondary N) is 1. The van der Waals surface area contributed by atoms with Gasteiger partial charge >= 0.3 is 0 Å². The Morgan fingerprint density at radius 3 is 2.94 bits per heavy atom. The summed E-state index contributed by atoms with van der Waals surface area (Å²) in [5, 5.41) is 3.64. The van der Waals surface area contributed by atoms with Crippen molar-refractivity contribution in [2.45, 2.75) is 19.4 Å². The smallest absolute Gasteiger partial charge is 0.0371 e. The van der Waals surface area contributed by atoms with Crippen molar-refractivity contribution in [2.75, 3.05) is 45.2 Å². The second-order valence-electron chi connectivity index (χ2n) is 5.55. The van der Waals surface area contributed by atoms with Gasteiger partial charge in [-0.2, -0.15) is 0 Å². The van der Waals surface area contributed by atoms with Crippen LogP contribution >= 0.6 is 0 Å². The van der Waals surface area contributed by atoms with E-state index in [9.17, 15) is 0 Å². The van der Waals surface area contributed by atoms with Crippen LogP contribution in [-0.2, 0) is 0 Å².